The Balaban J connectivity index is 1.15. The zero-order valence-electron chi connectivity index (χ0n) is 26.5. The first-order valence-electron chi connectivity index (χ1n) is 16.3. The van der Waals surface area contributed by atoms with Gasteiger partial charge >= 0.3 is 0 Å². The van der Waals surface area contributed by atoms with Gasteiger partial charge in [-0.25, -0.2) is 19.9 Å². The van der Waals surface area contributed by atoms with E-state index in [9.17, 15) is 0 Å². The van der Waals surface area contributed by atoms with Crippen LogP contribution < -0.4 is 0 Å². The predicted molar refractivity (Wildman–Crippen MR) is 199 cm³/mol. The van der Waals surface area contributed by atoms with Gasteiger partial charge in [-0.1, -0.05) is 127 Å². The summed E-state index contributed by atoms with van der Waals surface area (Å²) in [5.74, 6) is 1.91. The molecule has 0 aliphatic carbocycles. The Morgan fingerprint density at radius 1 is 0.327 bits per heavy atom. The number of rotatable bonds is 6. The van der Waals surface area contributed by atoms with Gasteiger partial charge in [0.25, 0.3) is 0 Å². The quantitative estimate of drug-likeness (QED) is 0.184. The molecule has 3 heterocycles. The van der Waals surface area contributed by atoms with E-state index in [1.165, 1.54) is 11.1 Å². The van der Waals surface area contributed by atoms with Crippen LogP contribution in [0.15, 0.2) is 176 Å². The van der Waals surface area contributed by atoms with Crippen molar-refractivity contribution in [3.63, 3.8) is 0 Å². The third kappa shape index (κ3) is 5.33. The van der Waals surface area contributed by atoms with Crippen LogP contribution in [0.1, 0.15) is 0 Å². The van der Waals surface area contributed by atoms with E-state index < -0.39 is 0 Å². The van der Waals surface area contributed by atoms with Gasteiger partial charge in [0.15, 0.2) is 17.5 Å². The van der Waals surface area contributed by atoms with Gasteiger partial charge in [-0.2, -0.15) is 0 Å². The lowest BCUT2D eigenvalue weighted by Crippen LogP contribution is -2.00. The molecule has 0 N–H and O–H groups in total. The summed E-state index contributed by atoms with van der Waals surface area (Å²) in [6.07, 6.45) is 0. The van der Waals surface area contributed by atoms with Crippen LogP contribution in [0.25, 0.3) is 84.2 Å². The standard InChI is InChI=1S/C44H29N5/c1-4-13-30(14-5-1)34-19-12-20-35(29-34)39-28-27-38-37-21-10-11-22-40(37)49(44(38)45-39)36-25-23-33(24-26-36)43-47-41(31-15-6-2-7-16-31)46-42(48-43)32-17-8-3-9-18-32/h1-29H. The maximum Gasteiger partial charge on any atom is 0.164 e. The Labute approximate surface area is 283 Å². The van der Waals surface area contributed by atoms with Gasteiger partial charge in [-0.3, -0.25) is 4.57 Å². The average Bonchev–Trinajstić information content (AvgIpc) is 3.52. The molecule has 5 nitrogen and oxygen atoms in total. The lowest BCUT2D eigenvalue weighted by atomic mass is 10.0. The first kappa shape index (κ1) is 28.5. The fourth-order valence-electron chi connectivity index (χ4n) is 6.45. The highest BCUT2D eigenvalue weighted by atomic mass is 15.1. The molecule has 0 atom stereocenters. The van der Waals surface area contributed by atoms with Crippen molar-refractivity contribution in [1.29, 1.82) is 0 Å². The lowest BCUT2D eigenvalue weighted by Gasteiger charge is -2.11. The van der Waals surface area contributed by atoms with E-state index in [1.54, 1.807) is 0 Å². The van der Waals surface area contributed by atoms with Gasteiger partial charge in [0.05, 0.1) is 11.2 Å². The van der Waals surface area contributed by atoms with Crippen molar-refractivity contribution in [2.75, 3.05) is 0 Å². The molecule has 0 radical (unpaired) electrons. The van der Waals surface area contributed by atoms with E-state index in [0.29, 0.717) is 17.5 Å². The van der Waals surface area contributed by atoms with Crippen LogP contribution in [0.3, 0.4) is 0 Å². The first-order chi connectivity index (χ1) is 24.3. The van der Waals surface area contributed by atoms with Crippen molar-refractivity contribution in [2.24, 2.45) is 0 Å². The summed E-state index contributed by atoms with van der Waals surface area (Å²) < 4.78 is 2.25. The molecular formula is C44H29N5. The van der Waals surface area contributed by atoms with E-state index in [0.717, 1.165) is 55.6 Å². The third-order valence-corrected chi connectivity index (χ3v) is 8.87. The second-order valence-electron chi connectivity index (χ2n) is 12.0. The van der Waals surface area contributed by atoms with Crippen LogP contribution in [0.2, 0.25) is 0 Å². The SMILES string of the molecule is c1ccc(-c2cccc(-c3ccc4c5ccccc5n(-c5ccc(-c6nc(-c7ccccc7)nc(-c7ccccc7)n6)cc5)c4n3)c2)cc1. The molecule has 230 valence electrons. The van der Waals surface area contributed by atoms with Gasteiger partial charge in [0, 0.05) is 38.7 Å². The number of hydrogen-bond donors (Lipinski definition) is 0. The van der Waals surface area contributed by atoms with Crippen LogP contribution in [0.4, 0.5) is 0 Å². The monoisotopic (exact) mass is 627 g/mol. The molecule has 3 aromatic heterocycles. The van der Waals surface area contributed by atoms with Crippen molar-refractivity contribution in [2.45, 2.75) is 0 Å². The molecule has 0 unspecified atom stereocenters. The second kappa shape index (κ2) is 12.1. The Morgan fingerprint density at radius 3 is 1.47 bits per heavy atom. The van der Waals surface area contributed by atoms with Crippen molar-refractivity contribution in [3.8, 4) is 62.2 Å². The van der Waals surface area contributed by atoms with E-state index in [2.05, 4.69) is 114 Å². The molecule has 9 aromatic rings. The average molecular weight is 628 g/mol. The second-order valence-corrected chi connectivity index (χ2v) is 12.0. The molecule has 6 aromatic carbocycles. The highest BCUT2D eigenvalue weighted by Gasteiger charge is 2.16. The maximum atomic E-state index is 5.29. The van der Waals surface area contributed by atoms with Crippen molar-refractivity contribution in [1.82, 2.24) is 24.5 Å². The first-order valence-corrected chi connectivity index (χ1v) is 16.3. The van der Waals surface area contributed by atoms with Crippen LogP contribution in [-0.4, -0.2) is 24.5 Å². The topological polar surface area (TPSA) is 56.5 Å². The molecule has 0 aliphatic heterocycles. The molecule has 0 saturated carbocycles. The number of pyridine rings is 1. The fraction of sp³-hybridized carbons (Fsp3) is 0. The van der Waals surface area contributed by atoms with Gasteiger partial charge in [-0.15, -0.1) is 0 Å². The minimum absolute atomic E-state index is 0.625. The van der Waals surface area contributed by atoms with E-state index >= 15 is 0 Å². The smallest absolute Gasteiger partial charge is 0.164 e. The predicted octanol–water partition coefficient (Wildman–Crippen LogP) is 10.7. The van der Waals surface area contributed by atoms with Gasteiger partial charge in [0.1, 0.15) is 5.65 Å². The Morgan fingerprint density at radius 2 is 0.837 bits per heavy atom. The van der Waals surface area contributed by atoms with Crippen molar-refractivity contribution < 1.29 is 0 Å². The summed E-state index contributed by atoms with van der Waals surface area (Å²) in [4.78, 5) is 20.0. The van der Waals surface area contributed by atoms with E-state index in [4.69, 9.17) is 19.9 Å². The summed E-state index contributed by atoms with van der Waals surface area (Å²) in [7, 11) is 0. The number of benzene rings is 6. The third-order valence-electron chi connectivity index (χ3n) is 8.87. The van der Waals surface area contributed by atoms with Crippen LogP contribution in [0, 0.1) is 0 Å². The molecule has 0 bridgehead atoms. The minimum Gasteiger partial charge on any atom is -0.294 e. The number of hydrogen-bond acceptors (Lipinski definition) is 4. The zero-order valence-corrected chi connectivity index (χ0v) is 26.5. The summed E-state index contributed by atoms with van der Waals surface area (Å²) in [5.41, 5.74) is 10.2. The van der Waals surface area contributed by atoms with Crippen molar-refractivity contribution in [3.05, 3.63) is 176 Å². The largest absolute Gasteiger partial charge is 0.294 e. The Kier molecular flexibility index (Phi) is 7.06. The van der Waals surface area contributed by atoms with Crippen LogP contribution in [0.5, 0.6) is 0 Å². The number of fused-ring (bicyclic) bond motifs is 3. The highest BCUT2D eigenvalue weighted by molar-refractivity contribution is 6.08. The van der Waals surface area contributed by atoms with Crippen molar-refractivity contribution >= 4 is 21.9 Å². The normalized spacial score (nSPS) is 11.3. The highest BCUT2D eigenvalue weighted by Crippen LogP contribution is 2.34. The molecule has 0 saturated heterocycles. The minimum atomic E-state index is 0.625. The summed E-state index contributed by atoms with van der Waals surface area (Å²) >= 11 is 0. The van der Waals surface area contributed by atoms with Crippen LogP contribution >= 0.6 is 0 Å². The molecule has 0 aliphatic rings. The van der Waals surface area contributed by atoms with E-state index in [1.807, 2.05) is 66.7 Å². The number of para-hydroxylation sites is 1. The Hall–Kier alpha value is -6.72. The molecule has 0 amide bonds. The molecule has 49 heavy (non-hydrogen) atoms. The molecule has 0 fully saturated rings. The fourth-order valence-corrected chi connectivity index (χ4v) is 6.45. The maximum absolute atomic E-state index is 5.29. The molecule has 0 spiro atoms. The lowest BCUT2D eigenvalue weighted by molar-refractivity contribution is 1.07. The number of nitrogens with zero attached hydrogens (tertiary/aromatic N) is 5. The van der Waals surface area contributed by atoms with Gasteiger partial charge in [-0.05, 0) is 59.7 Å². The Bertz CT molecular complexity index is 2520. The number of aromatic nitrogens is 5. The zero-order chi connectivity index (χ0) is 32.6. The summed E-state index contributed by atoms with van der Waals surface area (Å²) in [6, 6.07) is 60.4. The summed E-state index contributed by atoms with van der Waals surface area (Å²) in [6.45, 7) is 0. The summed E-state index contributed by atoms with van der Waals surface area (Å²) in [5, 5.41) is 2.27. The van der Waals surface area contributed by atoms with Crippen LogP contribution in [-0.2, 0) is 0 Å². The molecular weight excluding hydrogens is 599 g/mol. The van der Waals surface area contributed by atoms with Gasteiger partial charge in [0.2, 0.25) is 0 Å². The molecule has 5 heteroatoms. The van der Waals surface area contributed by atoms with Gasteiger partial charge < -0.3 is 0 Å². The van der Waals surface area contributed by atoms with E-state index in [-0.39, 0.29) is 0 Å². The molecule has 9 rings (SSSR count).